The summed E-state index contributed by atoms with van der Waals surface area (Å²) in [6.07, 6.45) is 0.703. The van der Waals surface area contributed by atoms with Gasteiger partial charge in [0.15, 0.2) is 0 Å². The second-order valence-corrected chi connectivity index (χ2v) is 7.33. The number of rotatable bonds is 7. The second-order valence-electron chi connectivity index (χ2n) is 5.17. The van der Waals surface area contributed by atoms with Crippen LogP contribution in [0.25, 0.3) is 0 Å². The molecule has 1 amide bonds. The molecule has 0 aromatic heterocycles. The van der Waals surface area contributed by atoms with Crippen LogP contribution in [0.5, 0.6) is 0 Å². The Labute approximate surface area is 136 Å². The van der Waals surface area contributed by atoms with E-state index in [0.29, 0.717) is 13.0 Å². The number of ether oxygens (including phenoxy) is 1. The van der Waals surface area contributed by atoms with Crippen LogP contribution in [0.2, 0.25) is 0 Å². The summed E-state index contributed by atoms with van der Waals surface area (Å²) in [5, 5.41) is 2.51. The van der Waals surface area contributed by atoms with Gasteiger partial charge in [-0.2, -0.15) is 0 Å². The number of carbonyl (C=O) groups excluding carboxylic acids is 2. The lowest BCUT2D eigenvalue weighted by Gasteiger charge is -2.14. The van der Waals surface area contributed by atoms with E-state index in [9.17, 15) is 18.0 Å². The molecule has 1 unspecified atom stereocenters. The van der Waals surface area contributed by atoms with E-state index >= 15 is 0 Å². The maximum atomic E-state index is 12.0. The van der Waals surface area contributed by atoms with Crippen LogP contribution in [0.15, 0.2) is 29.2 Å². The summed E-state index contributed by atoms with van der Waals surface area (Å²) >= 11 is 0. The van der Waals surface area contributed by atoms with Crippen LogP contribution in [0.3, 0.4) is 0 Å². The van der Waals surface area contributed by atoms with Crippen molar-refractivity contribution in [1.82, 2.24) is 9.62 Å². The maximum absolute atomic E-state index is 12.0. The lowest BCUT2D eigenvalue weighted by Crippen LogP contribution is -2.39. The maximum Gasteiger partial charge on any atom is 0.328 e. The average molecular weight is 342 g/mol. The first-order valence-electron chi connectivity index (χ1n) is 7.20. The molecule has 0 radical (unpaired) electrons. The van der Waals surface area contributed by atoms with Gasteiger partial charge in [0.05, 0.1) is 11.5 Å². The molecule has 0 spiro atoms. The van der Waals surface area contributed by atoms with Crippen molar-refractivity contribution in [3.63, 3.8) is 0 Å². The first-order valence-corrected chi connectivity index (χ1v) is 8.64. The van der Waals surface area contributed by atoms with E-state index in [1.807, 2.05) is 6.92 Å². The zero-order chi connectivity index (χ0) is 17.6. The number of esters is 1. The van der Waals surface area contributed by atoms with Crippen LogP contribution in [0, 0.1) is 0 Å². The van der Waals surface area contributed by atoms with E-state index in [-0.39, 0.29) is 10.5 Å². The van der Waals surface area contributed by atoms with Crippen LogP contribution in [-0.4, -0.2) is 51.3 Å². The lowest BCUT2D eigenvalue weighted by molar-refractivity contribution is -0.145. The van der Waals surface area contributed by atoms with Gasteiger partial charge in [-0.3, -0.25) is 4.79 Å². The Kier molecular flexibility index (Phi) is 6.71. The van der Waals surface area contributed by atoms with E-state index in [0.717, 1.165) is 4.31 Å². The van der Waals surface area contributed by atoms with Crippen LogP contribution < -0.4 is 5.32 Å². The Morgan fingerprint density at radius 2 is 1.78 bits per heavy atom. The molecule has 0 saturated heterocycles. The van der Waals surface area contributed by atoms with Gasteiger partial charge in [0.1, 0.15) is 6.04 Å². The number of hydrogen-bond acceptors (Lipinski definition) is 5. The normalized spacial score (nSPS) is 12.7. The summed E-state index contributed by atoms with van der Waals surface area (Å²) in [4.78, 5) is 23.7. The molecule has 0 saturated carbocycles. The lowest BCUT2D eigenvalue weighted by atomic mass is 10.2. The van der Waals surface area contributed by atoms with Gasteiger partial charge in [-0.1, -0.05) is 6.92 Å². The molecule has 0 aliphatic rings. The molecule has 7 nitrogen and oxygen atoms in total. The highest BCUT2D eigenvalue weighted by Gasteiger charge is 2.20. The molecule has 1 N–H and O–H groups in total. The van der Waals surface area contributed by atoms with Gasteiger partial charge in [0, 0.05) is 19.7 Å². The van der Waals surface area contributed by atoms with E-state index < -0.39 is 27.9 Å². The molecule has 0 fully saturated rings. The Balaban J connectivity index is 2.77. The molecule has 1 aromatic rings. The molecule has 1 atom stereocenters. The summed E-state index contributed by atoms with van der Waals surface area (Å²) in [6.45, 7) is 3.71. The van der Waals surface area contributed by atoms with Gasteiger partial charge in [-0.15, -0.1) is 0 Å². The van der Waals surface area contributed by atoms with Gasteiger partial charge in [-0.05, 0) is 37.6 Å². The first-order chi connectivity index (χ1) is 10.7. The fourth-order valence-corrected chi connectivity index (χ4v) is 2.56. The van der Waals surface area contributed by atoms with Crippen molar-refractivity contribution in [2.75, 3.05) is 20.7 Å². The molecule has 128 valence electrons. The first kappa shape index (κ1) is 19.1. The molecular formula is C15H22N2O5S. The monoisotopic (exact) mass is 342 g/mol. The van der Waals surface area contributed by atoms with Crippen LogP contribution in [0.1, 0.15) is 30.6 Å². The van der Waals surface area contributed by atoms with Gasteiger partial charge < -0.3 is 10.1 Å². The topological polar surface area (TPSA) is 92.8 Å². The molecule has 23 heavy (non-hydrogen) atoms. The van der Waals surface area contributed by atoms with Crippen molar-refractivity contribution >= 4 is 21.9 Å². The number of carbonyl (C=O) groups is 2. The van der Waals surface area contributed by atoms with Crippen molar-refractivity contribution in [1.29, 1.82) is 0 Å². The molecule has 0 aliphatic carbocycles. The molecule has 8 heteroatoms. The number of nitrogens with zero attached hydrogens (tertiary/aromatic N) is 1. The van der Waals surface area contributed by atoms with Gasteiger partial charge in [0.2, 0.25) is 10.0 Å². The van der Waals surface area contributed by atoms with Crippen LogP contribution in [0.4, 0.5) is 0 Å². The molecule has 0 aliphatic heterocycles. The minimum absolute atomic E-state index is 0.0921. The number of hydrogen-bond donors (Lipinski definition) is 1. The Morgan fingerprint density at radius 1 is 1.22 bits per heavy atom. The zero-order valence-electron chi connectivity index (χ0n) is 13.7. The van der Waals surface area contributed by atoms with E-state index in [1.54, 1.807) is 0 Å². The molecule has 1 rings (SSSR count). The van der Waals surface area contributed by atoms with Gasteiger partial charge >= 0.3 is 5.97 Å². The van der Waals surface area contributed by atoms with Crippen molar-refractivity contribution in [3.05, 3.63) is 29.8 Å². The third-order valence-electron chi connectivity index (χ3n) is 3.04. The predicted molar refractivity (Wildman–Crippen MR) is 85.5 cm³/mol. The quantitative estimate of drug-likeness (QED) is 0.747. The van der Waals surface area contributed by atoms with E-state index in [1.165, 1.54) is 45.3 Å². The zero-order valence-corrected chi connectivity index (χ0v) is 14.5. The van der Waals surface area contributed by atoms with Crippen molar-refractivity contribution < 1.29 is 22.7 Å². The third kappa shape index (κ3) is 5.04. The standard InChI is InChI=1S/C15H22N2O5S/c1-5-10-22-15(19)11(2)16-14(18)12-6-8-13(9-7-12)23(20,21)17(3)4/h6-9,11H,5,10H2,1-4H3,(H,16,18). The fraction of sp³-hybridized carbons (Fsp3) is 0.467. The highest BCUT2D eigenvalue weighted by Crippen LogP contribution is 2.14. The molecule has 0 heterocycles. The highest BCUT2D eigenvalue weighted by atomic mass is 32.2. The summed E-state index contributed by atoms with van der Waals surface area (Å²) in [5.41, 5.74) is 0.262. The Morgan fingerprint density at radius 3 is 2.26 bits per heavy atom. The van der Waals surface area contributed by atoms with Crippen LogP contribution >= 0.6 is 0 Å². The minimum Gasteiger partial charge on any atom is -0.464 e. The van der Waals surface area contributed by atoms with Crippen molar-refractivity contribution in [3.8, 4) is 0 Å². The Bertz CT molecular complexity index is 653. The summed E-state index contributed by atoms with van der Waals surface area (Å²) < 4.78 is 29.9. The molecule has 1 aromatic carbocycles. The predicted octanol–water partition coefficient (Wildman–Crippen LogP) is 1.01. The summed E-state index contributed by atoms with van der Waals surface area (Å²) in [6, 6.07) is 4.72. The smallest absolute Gasteiger partial charge is 0.328 e. The Hall–Kier alpha value is -1.93. The highest BCUT2D eigenvalue weighted by molar-refractivity contribution is 7.89. The average Bonchev–Trinajstić information content (AvgIpc) is 2.52. The van der Waals surface area contributed by atoms with Crippen molar-refractivity contribution in [2.24, 2.45) is 0 Å². The van der Waals surface area contributed by atoms with Gasteiger partial charge in [-0.25, -0.2) is 17.5 Å². The number of sulfonamides is 1. The largest absolute Gasteiger partial charge is 0.464 e. The van der Waals surface area contributed by atoms with Crippen LogP contribution in [-0.2, 0) is 19.6 Å². The summed E-state index contributed by atoms with van der Waals surface area (Å²) in [7, 11) is -0.678. The van der Waals surface area contributed by atoms with Gasteiger partial charge in [0.25, 0.3) is 5.91 Å². The minimum atomic E-state index is -3.54. The fourth-order valence-electron chi connectivity index (χ4n) is 1.66. The number of amides is 1. The molecular weight excluding hydrogens is 320 g/mol. The van der Waals surface area contributed by atoms with E-state index in [4.69, 9.17) is 4.74 Å². The number of benzene rings is 1. The van der Waals surface area contributed by atoms with E-state index in [2.05, 4.69) is 5.32 Å². The number of nitrogens with one attached hydrogen (secondary N) is 1. The second kappa shape index (κ2) is 8.07. The third-order valence-corrected chi connectivity index (χ3v) is 4.87. The molecule has 0 bridgehead atoms. The van der Waals surface area contributed by atoms with Crippen molar-refractivity contribution in [2.45, 2.75) is 31.2 Å². The summed E-state index contributed by atoms with van der Waals surface area (Å²) in [5.74, 6) is -0.980. The SMILES string of the molecule is CCCOC(=O)C(C)NC(=O)c1ccc(S(=O)(=O)N(C)C)cc1.